The smallest absolute Gasteiger partial charge is 0.265 e. The monoisotopic (exact) mass is 261 g/mol. The Kier molecular flexibility index (Phi) is 2.67. The van der Waals surface area contributed by atoms with E-state index in [1.165, 1.54) is 0 Å². The summed E-state index contributed by atoms with van der Waals surface area (Å²) in [7, 11) is 0. The van der Waals surface area contributed by atoms with Crippen molar-refractivity contribution in [1.29, 1.82) is 0 Å². The average molecular weight is 261 g/mol. The van der Waals surface area contributed by atoms with E-state index >= 15 is 0 Å². The number of carbonyl (C=O) groups is 2. The second-order valence-corrected chi connectivity index (χ2v) is 4.90. The summed E-state index contributed by atoms with van der Waals surface area (Å²) in [5, 5.41) is 2.77. The molecule has 2 unspecified atom stereocenters. The minimum absolute atomic E-state index is 0.00359. The van der Waals surface area contributed by atoms with Crippen LogP contribution in [0.4, 0.5) is 11.4 Å². The molecule has 0 aromatic heterocycles. The number of fused-ring (bicyclic) bond motifs is 1. The normalized spacial score (nSPS) is 25.9. The Hall–Kier alpha value is -2.08. The molecule has 1 aromatic carbocycles. The summed E-state index contributed by atoms with van der Waals surface area (Å²) in [4.78, 5) is 25.0. The maximum atomic E-state index is 11.8. The zero-order chi connectivity index (χ0) is 13.6. The van der Waals surface area contributed by atoms with Crippen molar-refractivity contribution in [3.8, 4) is 5.75 Å². The minimum atomic E-state index is -0.500. The van der Waals surface area contributed by atoms with Gasteiger partial charge in [0.15, 0.2) is 6.10 Å². The van der Waals surface area contributed by atoms with Crippen molar-refractivity contribution in [2.24, 2.45) is 5.73 Å². The van der Waals surface area contributed by atoms with Gasteiger partial charge >= 0.3 is 0 Å². The summed E-state index contributed by atoms with van der Waals surface area (Å²) in [5.74, 6) is 0.435. The van der Waals surface area contributed by atoms with Crippen LogP contribution in [0.3, 0.4) is 0 Å². The molecule has 3 rings (SSSR count). The molecule has 1 saturated heterocycles. The van der Waals surface area contributed by atoms with Gasteiger partial charge in [0.25, 0.3) is 5.91 Å². The Bertz CT molecular complexity index is 558. The van der Waals surface area contributed by atoms with Gasteiger partial charge in [-0.05, 0) is 25.1 Å². The second kappa shape index (κ2) is 4.24. The molecule has 1 aromatic rings. The number of anilines is 2. The molecule has 0 radical (unpaired) electrons. The first kappa shape index (κ1) is 12.0. The molecule has 2 aliphatic rings. The number of ether oxygens (including phenoxy) is 1. The average Bonchev–Trinajstić information content (AvgIpc) is 2.69. The lowest BCUT2D eigenvalue weighted by Crippen LogP contribution is -2.34. The molecule has 0 saturated carbocycles. The van der Waals surface area contributed by atoms with E-state index in [4.69, 9.17) is 10.5 Å². The Morgan fingerprint density at radius 3 is 2.89 bits per heavy atom. The number of carbonyl (C=O) groups excluding carboxylic acids is 2. The molecular weight excluding hydrogens is 246 g/mol. The molecule has 3 N–H and O–H groups in total. The molecule has 100 valence electrons. The number of amides is 2. The maximum Gasteiger partial charge on any atom is 0.265 e. The fourth-order valence-corrected chi connectivity index (χ4v) is 2.35. The number of nitrogens with two attached hydrogens (primary N) is 1. The van der Waals surface area contributed by atoms with Gasteiger partial charge in [-0.1, -0.05) is 0 Å². The molecule has 0 bridgehead atoms. The lowest BCUT2D eigenvalue weighted by molar-refractivity contribution is -0.122. The first-order valence-corrected chi connectivity index (χ1v) is 6.22. The highest BCUT2D eigenvalue weighted by Crippen LogP contribution is 2.34. The van der Waals surface area contributed by atoms with Crippen LogP contribution in [0.1, 0.15) is 13.3 Å². The number of rotatable bonds is 1. The van der Waals surface area contributed by atoms with E-state index in [1.807, 2.05) is 0 Å². The van der Waals surface area contributed by atoms with E-state index in [2.05, 4.69) is 5.32 Å². The van der Waals surface area contributed by atoms with Gasteiger partial charge in [-0.2, -0.15) is 0 Å². The number of hydrogen-bond donors (Lipinski definition) is 2. The standard InChI is InChI=1S/C13H15N3O3/c1-7-13(18)15-10-5-9(2-3-11(10)19-7)16-6-8(14)4-12(16)17/h2-3,5,7-8H,4,6,14H2,1H3,(H,15,18). The molecule has 0 spiro atoms. The van der Waals surface area contributed by atoms with Gasteiger partial charge in [-0.25, -0.2) is 0 Å². The Morgan fingerprint density at radius 2 is 2.21 bits per heavy atom. The van der Waals surface area contributed by atoms with E-state index in [-0.39, 0.29) is 17.9 Å². The second-order valence-electron chi connectivity index (χ2n) is 4.90. The van der Waals surface area contributed by atoms with Crippen LogP contribution < -0.4 is 20.7 Å². The molecule has 19 heavy (non-hydrogen) atoms. The van der Waals surface area contributed by atoms with E-state index in [9.17, 15) is 9.59 Å². The summed E-state index contributed by atoms with van der Waals surface area (Å²) >= 11 is 0. The molecule has 6 nitrogen and oxygen atoms in total. The van der Waals surface area contributed by atoms with Crippen molar-refractivity contribution in [3.63, 3.8) is 0 Å². The quantitative estimate of drug-likeness (QED) is 0.769. The highest BCUT2D eigenvalue weighted by Gasteiger charge is 2.30. The van der Waals surface area contributed by atoms with Crippen molar-refractivity contribution in [2.45, 2.75) is 25.5 Å². The molecule has 6 heteroatoms. The van der Waals surface area contributed by atoms with Gasteiger partial charge in [0.2, 0.25) is 5.91 Å². The Morgan fingerprint density at radius 1 is 1.42 bits per heavy atom. The van der Waals surface area contributed by atoms with Crippen molar-refractivity contribution < 1.29 is 14.3 Å². The van der Waals surface area contributed by atoms with Crippen LogP contribution in [0.2, 0.25) is 0 Å². The summed E-state index contributed by atoms with van der Waals surface area (Å²) in [6.07, 6.45) is -0.142. The molecule has 2 heterocycles. The van der Waals surface area contributed by atoms with Crippen molar-refractivity contribution in [1.82, 2.24) is 0 Å². The number of hydrogen-bond acceptors (Lipinski definition) is 4. The third kappa shape index (κ3) is 2.04. The molecule has 2 aliphatic heterocycles. The van der Waals surface area contributed by atoms with Crippen LogP contribution in [0.5, 0.6) is 5.75 Å². The Balaban J connectivity index is 1.92. The highest BCUT2D eigenvalue weighted by atomic mass is 16.5. The largest absolute Gasteiger partial charge is 0.479 e. The van der Waals surface area contributed by atoms with Crippen LogP contribution in [0.25, 0.3) is 0 Å². The summed E-state index contributed by atoms with van der Waals surface area (Å²) < 4.78 is 5.47. The van der Waals surface area contributed by atoms with Gasteiger partial charge < -0.3 is 20.7 Å². The van der Waals surface area contributed by atoms with Gasteiger partial charge in [0, 0.05) is 24.7 Å². The SMILES string of the molecule is CC1Oc2ccc(N3CC(N)CC3=O)cc2NC1=O. The van der Waals surface area contributed by atoms with Crippen LogP contribution in [0.15, 0.2) is 18.2 Å². The zero-order valence-corrected chi connectivity index (χ0v) is 10.6. The third-order valence-corrected chi connectivity index (χ3v) is 3.36. The van der Waals surface area contributed by atoms with Gasteiger partial charge in [0.05, 0.1) is 5.69 Å². The highest BCUT2D eigenvalue weighted by molar-refractivity contribution is 6.00. The summed E-state index contributed by atoms with van der Waals surface area (Å²) in [6, 6.07) is 5.18. The van der Waals surface area contributed by atoms with E-state index < -0.39 is 6.10 Å². The summed E-state index contributed by atoms with van der Waals surface area (Å²) in [5.41, 5.74) is 7.10. The van der Waals surface area contributed by atoms with Crippen LogP contribution in [-0.2, 0) is 9.59 Å². The Labute approximate surface area is 110 Å². The first-order valence-electron chi connectivity index (χ1n) is 6.22. The number of nitrogens with zero attached hydrogens (tertiary/aromatic N) is 1. The fourth-order valence-electron chi connectivity index (χ4n) is 2.35. The first-order chi connectivity index (χ1) is 9.04. The van der Waals surface area contributed by atoms with Crippen LogP contribution in [0, 0.1) is 0 Å². The molecule has 1 fully saturated rings. The lowest BCUT2D eigenvalue weighted by Gasteiger charge is -2.25. The van der Waals surface area contributed by atoms with Crippen molar-refractivity contribution in [2.75, 3.05) is 16.8 Å². The van der Waals surface area contributed by atoms with Crippen LogP contribution >= 0.6 is 0 Å². The predicted octanol–water partition coefficient (Wildman–Crippen LogP) is 0.470. The van der Waals surface area contributed by atoms with Crippen LogP contribution in [-0.4, -0.2) is 30.5 Å². The van der Waals surface area contributed by atoms with Gasteiger partial charge in [0.1, 0.15) is 5.75 Å². The predicted molar refractivity (Wildman–Crippen MR) is 70.1 cm³/mol. The molecule has 0 aliphatic carbocycles. The maximum absolute atomic E-state index is 11.8. The van der Waals surface area contributed by atoms with E-state index in [1.54, 1.807) is 30.0 Å². The minimum Gasteiger partial charge on any atom is -0.479 e. The lowest BCUT2D eigenvalue weighted by atomic mass is 10.2. The van der Waals surface area contributed by atoms with E-state index in [0.717, 1.165) is 5.69 Å². The fraction of sp³-hybridized carbons (Fsp3) is 0.385. The number of benzene rings is 1. The van der Waals surface area contributed by atoms with E-state index in [0.29, 0.717) is 24.4 Å². The van der Waals surface area contributed by atoms with Crippen molar-refractivity contribution >= 4 is 23.2 Å². The summed E-state index contributed by atoms with van der Waals surface area (Å²) in [6.45, 7) is 2.19. The van der Waals surface area contributed by atoms with Gasteiger partial charge in [-0.15, -0.1) is 0 Å². The molecule has 2 amide bonds. The zero-order valence-electron chi connectivity index (χ0n) is 10.6. The van der Waals surface area contributed by atoms with Crippen molar-refractivity contribution in [3.05, 3.63) is 18.2 Å². The third-order valence-electron chi connectivity index (χ3n) is 3.36. The van der Waals surface area contributed by atoms with Gasteiger partial charge in [-0.3, -0.25) is 9.59 Å². The molecular formula is C13H15N3O3. The number of nitrogens with one attached hydrogen (secondary N) is 1. The molecule has 2 atom stereocenters. The topological polar surface area (TPSA) is 84.7 Å².